The summed E-state index contributed by atoms with van der Waals surface area (Å²) >= 11 is 0. The number of nitriles is 1. The van der Waals surface area contributed by atoms with Crippen molar-refractivity contribution in [3.63, 3.8) is 0 Å². The van der Waals surface area contributed by atoms with Gasteiger partial charge in [-0.1, -0.05) is 0 Å². The quantitative estimate of drug-likeness (QED) is 0.604. The molecular weight excluding hydrogens is 410 g/mol. The number of hydrogen-bond donors (Lipinski definition) is 2. The fourth-order valence-electron chi connectivity index (χ4n) is 3.82. The number of ether oxygens (including phenoxy) is 2. The molecule has 2 atom stereocenters. The molecule has 0 bridgehead atoms. The van der Waals surface area contributed by atoms with Crippen LogP contribution in [-0.2, 0) is 14.8 Å². The molecule has 1 saturated heterocycles. The summed E-state index contributed by atoms with van der Waals surface area (Å²) < 4.78 is 36.8. The Kier molecular flexibility index (Phi) is 7.13. The molecule has 3 rings (SSSR count). The van der Waals surface area contributed by atoms with Crippen molar-refractivity contribution in [1.82, 2.24) is 14.3 Å². The third-order valence-corrected chi connectivity index (χ3v) is 7.53. The van der Waals surface area contributed by atoms with Crippen molar-refractivity contribution >= 4 is 16.0 Å². The summed E-state index contributed by atoms with van der Waals surface area (Å²) in [7, 11) is -1.83. The molecule has 2 aliphatic rings. The molecule has 166 valence electrons. The van der Waals surface area contributed by atoms with Crippen LogP contribution in [0, 0.1) is 11.3 Å². The van der Waals surface area contributed by atoms with E-state index < -0.39 is 21.7 Å². The molecule has 2 N–H and O–H groups in total. The van der Waals surface area contributed by atoms with E-state index in [1.807, 2.05) is 6.07 Å². The first kappa shape index (κ1) is 22.7. The molecule has 2 fully saturated rings. The lowest BCUT2D eigenvalue weighted by Crippen LogP contribution is -2.44. The SMILES string of the molecule is COCCS(=O)(=O)N1CCC(Nc2ncc(C#N)c(OC3CCCC3(C)O)n2)CC1. The number of aliphatic hydroxyl groups is 1. The Morgan fingerprint density at radius 3 is 2.73 bits per heavy atom. The van der Waals surface area contributed by atoms with Crippen molar-refractivity contribution in [2.24, 2.45) is 0 Å². The van der Waals surface area contributed by atoms with Gasteiger partial charge in [0.05, 0.1) is 24.2 Å². The summed E-state index contributed by atoms with van der Waals surface area (Å²) in [6, 6.07) is 2.03. The molecule has 0 aromatic carbocycles. The number of rotatable bonds is 8. The zero-order valence-electron chi connectivity index (χ0n) is 17.4. The summed E-state index contributed by atoms with van der Waals surface area (Å²) in [5, 5.41) is 23.0. The standard InChI is InChI=1S/C19H29N5O5S/c1-19(25)7-3-4-16(19)29-17-14(12-20)13-21-18(23-17)22-15-5-8-24(9-6-15)30(26,27)11-10-28-2/h13,15-16,25H,3-11H2,1-2H3,(H,21,22,23). The van der Waals surface area contributed by atoms with Crippen molar-refractivity contribution in [2.45, 2.75) is 56.8 Å². The first-order chi connectivity index (χ1) is 14.2. The molecule has 0 radical (unpaired) electrons. The van der Waals surface area contributed by atoms with Gasteiger partial charge in [0.1, 0.15) is 17.7 Å². The largest absolute Gasteiger partial charge is 0.470 e. The van der Waals surface area contributed by atoms with Gasteiger partial charge in [0, 0.05) is 26.2 Å². The number of aromatic nitrogens is 2. The molecule has 30 heavy (non-hydrogen) atoms. The molecule has 10 nitrogen and oxygen atoms in total. The molecule has 1 aromatic rings. The molecule has 2 heterocycles. The Labute approximate surface area is 177 Å². The van der Waals surface area contributed by atoms with Gasteiger partial charge < -0.3 is 19.9 Å². The van der Waals surface area contributed by atoms with E-state index in [0.717, 1.165) is 6.42 Å². The molecule has 11 heteroatoms. The number of sulfonamides is 1. The molecule has 1 saturated carbocycles. The minimum Gasteiger partial charge on any atom is -0.470 e. The van der Waals surface area contributed by atoms with Crippen LogP contribution < -0.4 is 10.1 Å². The van der Waals surface area contributed by atoms with Gasteiger partial charge in [-0.2, -0.15) is 10.2 Å². The Balaban J connectivity index is 1.62. The molecule has 1 aliphatic heterocycles. The van der Waals surface area contributed by atoms with Gasteiger partial charge in [0.15, 0.2) is 0 Å². The monoisotopic (exact) mass is 439 g/mol. The van der Waals surface area contributed by atoms with Crippen LogP contribution in [0.5, 0.6) is 5.88 Å². The summed E-state index contributed by atoms with van der Waals surface area (Å²) in [5.74, 6) is 0.454. The van der Waals surface area contributed by atoms with E-state index in [-0.39, 0.29) is 29.8 Å². The maximum absolute atomic E-state index is 12.3. The van der Waals surface area contributed by atoms with Crippen LogP contribution in [0.1, 0.15) is 44.6 Å². The number of piperidine rings is 1. The summed E-state index contributed by atoms with van der Waals surface area (Å²) in [5.41, 5.74) is -0.742. The zero-order chi connectivity index (χ0) is 21.8. The lowest BCUT2D eigenvalue weighted by Gasteiger charge is -2.31. The number of hydrogen-bond acceptors (Lipinski definition) is 9. The topological polar surface area (TPSA) is 138 Å². The highest BCUT2D eigenvalue weighted by atomic mass is 32.2. The van der Waals surface area contributed by atoms with E-state index in [1.165, 1.54) is 17.6 Å². The minimum absolute atomic E-state index is 0.00856. The smallest absolute Gasteiger partial charge is 0.236 e. The summed E-state index contributed by atoms with van der Waals surface area (Å²) in [6.45, 7) is 2.73. The molecular formula is C19H29N5O5S. The van der Waals surface area contributed by atoms with E-state index >= 15 is 0 Å². The van der Waals surface area contributed by atoms with Crippen LogP contribution in [0.4, 0.5) is 5.95 Å². The Hall–Kier alpha value is -2.00. The Morgan fingerprint density at radius 2 is 2.13 bits per heavy atom. The lowest BCUT2D eigenvalue weighted by atomic mass is 10.0. The number of nitrogens with one attached hydrogen (secondary N) is 1. The average molecular weight is 440 g/mol. The van der Waals surface area contributed by atoms with Gasteiger partial charge in [-0.05, 0) is 39.0 Å². The molecule has 1 aromatic heterocycles. The fourth-order valence-corrected chi connectivity index (χ4v) is 5.22. The van der Waals surface area contributed by atoms with Crippen LogP contribution in [0.2, 0.25) is 0 Å². The van der Waals surface area contributed by atoms with Gasteiger partial charge >= 0.3 is 0 Å². The molecule has 0 spiro atoms. The van der Waals surface area contributed by atoms with Gasteiger partial charge in [0.25, 0.3) is 0 Å². The Bertz CT molecular complexity index is 878. The minimum atomic E-state index is -3.31. The third-order valence-electron chi connectivity index (χ3n) is 5.70. The van der Waals surface area contributed by atoms with E-state index in [0.29, 0.717) is 44.7 Å². The second kappa shape index (κ2) is 9.43. The maximum Gasteiger partial charge on any atom is 0.236 e. The van der Waals surface area contributed by atoms with Crippen LogP contribution in [0.25, 0.3) is 0 Å². The highest BCUT2D eigenvalue weighted by Gasteiger charge is 2.39. The van der Waals surface area contributed by atoms with Crippen LogP contribution >= 0.6 is 0 Å². The van der Waals surface area contributed by atoms with Gasteiger partial charge in [-0.15, -0.1) is 0 Å². The second-order valence-electron chi connectivity index (χ2n) is 8.01. The molecule has 0 amide bonds. The van der Waals surface area contributed by atoms with Gasteiger partial charge in [-0.3, -0.25) is 0 Å². The Morgan fingerprint density at radius 1 is 1.40 bits per heavy atom. The fraction of sp³-hybridized carbons (Fsp3) is 0.737. The molecule has 2 unspecified atom stereocenters. The number of methoxy groups -OCH3 is 1. The predicted octanol–water partition coefficient (Wildman–Crippen LogP) is 0.883. The van der Waals surface area contributed by atoms with Crippen LogP contribution in [0.3, 0.4) is 0 Å². The normalized spacial score (nSPS) is 25.7. The highest BCUT2D eigenvalue weighted by Crippen LogP contribution is 2.33. The maximum atomic E-state index is 12.3. The van der Waals surface area contributed by atoms with Crippen molar-refractivity contribution < 1.29 is 23.0 Å². The van der Waals surface area contributed by atoms with E-state index in [2.05, 4.69) is 15.3 Å². The summed E-state index contributed by atoms with van der Waals surface area (Å²) in [6.07, 6.45) is 4.39. The van der Waals surface area contributed by atoms with E-state index in [4.69, 9.17) is 9.47 Å². The first-order valence-corrected chi connectivity index (χ1v) is 11.8. The number of nitrogens with zero attached hydrogens (tertiary/aromatic N) is 4. The highest BCUT2D eigenvalue weighted by molar-refractivity contribution is 7.89. The van der Waals surface area contributed by atoms with Crippen molar-refractivity contribution in [1.29, 1.82) is 5.26 Å². The van der Waals surface area contributed by atoms with Crippen molar-refractivity contribution in [2.75, 3.05) is 37.9 Å². The number of anilines is 1. The third kappa shape index (κ3) is 5.37. The molecule has 1 aliphatic carbocycles. The van der Waals surface area contributed by atoms with Crippen LogP contribution in [-0.4, -0.2) is 78.1 Å². The van der Waals surface area contributed by atoms with Gasteiger partial charge in [0.2, 0.25) is 21.9 Å². The van der Waals surface area contributed by atoms with Crippen molar-refractivity contribution in [3.05, 3.63) is 11.8 Å². The van der Waals surface area contributed by atoms with Gasteiger partial charge in [-0.25, -0.2) is 17.7 Å². The predicted molar refractivity (Wildman–Crippen MR) is 110 cm³/mol. The van der Waals surface area contributed by atoms with Crippen molar-refractivity contribution in [3.8, 4) is 11.9 Å². The van der Waals surface area contributed by atoms with E-state index in [1.54, 1.807) is 6.92 Å². The van der Waals surface area contributed by atoms with E-state index in [9.17, 15) is 18.8 Å². The first-order valence-electron chi connectivity index (χ1n) is 10.1. The second-order valence-corrected chi connectivity index (χ2v) is 10.1. The average Bonchev–Trinajstić information content (AvgIpc) is 3.05. The zero-order valence-corrected chi connectivity index (χ0v) is 18.2. The summed E-state index contributed by atoms with van der Waals surface area (Å²) in [4.78, 5) is 8.54. The lowest BCUT2D eigenvalue weighted by molar-refractivity contribution is -0.0271. The van der Waals surface area contributed by atoms with Crippen LogP contribution in [0.15, 0.2) is 6.20 Å².